The molecule has 0 aromatic rings. The van der Waals surface area contributed by atoms with Crippen molar-refractivity contribution in [2.75, 3.05) is 6.54 Å². The van der Waals surface area contributed by atoms with Gasteiger partial charge in [0.1, 0.15) is 12.6 Å². The van der Waals surface area contributed by atoms with E-state index in [0.29, 0.717) is 12.8 Å². The quantitative estimate of drug-likeness (QED) is 0.0370. The molecule has 0 fully saturated rings. The van der Waals surface area contributed by atoms with E-state index in [4.69, 9.17) is 9.84 Å². The number of carbonyl (C=O) groups is 3. The molecule has 0 radical (unpaired) electrons. The number of hydrogen-bond acceptors (Lipinski definition) is 4. The van der Waals surface area contributed by atoms with E-state index in [2.05, 4.69) is 31.3 Å². The van der Waals surface area contributed by atoms with Gasteiger partial charge >= 0.3 is 11.9 Å². The monoisotopic (exact) mass is 734 g/mol. The summed E-state index contributed by atoms with van der Waals surface area (Å²) >= 11 is 0. The third kappa shape index (κ3) is 40.9. The zero-order valence-electron chi connectivity index (χ0n) is 34.7. The SMILES string of the molecule is CCCCCCCCCC/C=C\CCCCCC(CCCCCCCC(=O)NCC(=O)O)OC(=O)CCCCCCCCCCCCCCCCC. The molecule has 0 heterocycles. The van der Waals surface area contributed by atoms with Gasteiger partial charge in [0.25, 0.3) is 0 Å². The highest BCUT2D eigenvalue weighted by Crippen LogP contribution is 2.19. The second kappa shape index (κ2) is 41.9. The van der Waals surface area contributed by atoms with Crippen molar-refractivity contribution >= 4 is 17.8 Å². The van der Waals surface area contributed by atoms with Crippen molar-refractivity contribution in [2.45, 2.75) is 258 Å². The standard InChI is InChI=1S/C46H87NO5/c1-3-5-7-9-11-13-15-17-19-21-23-25-27-30-34-38-43(39-35-31-29-32-36-40-44(48)47-42-45(49)50)52-46(51)41-37-33-28-26-24-22-20-18-16-14-12-10-8-6-4-2/h21,23,43H,3-20,22,24-42H2,1-2H3,(H,47,48)(H,49,50)/b23-21-. The highest BCUT2D eigenvalue weighted by Gasteiger charge is 2.14. The lowest BCUT2D eigenvalue weighted by atomic mass is 10.0. The molecule has 0 saturated carbocycles. The summed E-state index contributed by atoms with van der Waals surface area (Å²) < 4.78 is 6.04. The molecule has 0 aliphatic heterocycles. The summed E-state index contributed by atoms with van der Waals surface area (Å²) in [7, 11) is 0. The van der Waals surface area contributed by atoms with Crippen LogP contribution >= 0.6 is 0 Å². The van der Waals surface area contributed by atoms with Crippen LogP contribution in [0, 0.1) is 0 Å². The maximum absolute atomic E-state index is 12.8. The Hall–Kier alpha value is -1.85. The van der Waals surface area contributed by atoms with Crippen molar-refractivity contribution < 1.29 is 24.2 Å². The lowest BCUT2D eigenvalue weighted by molar-refractivity contribution is -0.150. The van der Waals surface area contributed by atoms with E-state index in [1.807, 2.05) is 0 Å². The number of carbonyl (C=O) groups excluding carboxylic acids is 2. The summed E-state index contributed by atoms with van der Waals surface area (Å²) in [4.78, 5) is 35.1. The van der Waals surface area contributed by atoms with Crippen LogP contribution in [0.1, 0.15) is 251 Å². The van der Waals surface area contributed by atoms with E-state index in [-0.39, 0.29) is 24.5 Å². The van der Waals surface area contributed by atoms with Crippen LogP contribution in [0.15, 0.2) is 12.2 Å². The average molecular weight is 734 g/mol. The fraction of sp³-hybridized carbons (Fsp3) is 0.891. The van der Waals surface area contributed by atoms with Crippen molar-refractivity contribution in [2.24, 2.45) is 0 Å². The number of amides is 1. The third-order valence-corrected chi connectivity index (χ3v) is 10.4. The second-order valence-electron chi connectivity index (χ2n) is 15.7. The molecule has 0 aliphatic rings. The normalized spacial score (nSPS) is 12.0. The number of nitrogens with one attached hydrogen (secondary N) is 1. The number of rotatable bonds is 42. The number of carboxylic acids is 1. The Morgan fingerprint density at radius 2 is 0.827 bits per heavy atom. The molecule has 0 aliphatic carbocycles. The summed E-state index contributed by atoms with van der Waals surface area (Å²) in [5, 5.41) is 11.1. The molecule has 0 bridgehead atoms. The molecule has 1 unspecified atom stereocenters. The van der Waals surface area contributed by atoms with E-state index >= 15 is 0 Å². The van der Waals surface area contributed by atoms with Gasteiger partial charge < -0.3 is 15.2 Å². The molecule has 2 N–H and O–H groups in total. The van der Waals surface area contributed by atoms with Crippen molar-refractivity contribution in [1.82, 2.24) is 5.32 Å². The second-order valence-corrected chi connectivity index (χ2v) is 15.7. The highest BCUT2D eigenvalue weighted by atomic mass is 16.5. The Balaban J connectivity index is 4.16. The van der Waals surface area contributed by atoms with Crippen molar-refractivity contribution in [3.05, 3.63) is 12.2 Å². The number of esters is 1. The van der Waals surface area contributed by atoms with Crippen LogP contribution in [0.25, 0.3) is 0 Å². The van der Waals surface area contributed by atoms with Gasteiger partial charge in [-0.05, 0) is 64.2 Å². The number of allylic oxidation sites excluding steroid dienone is 2. The Kier molecular flexibility index (Phi) is 40.4. The van der Waals surface area contributed by atoms with Gasteiger partial charge in [-0.25, -0.2) is 0 Å². The predicted molar refractivity (Wildman–Crippen MR) is 222 cm³/mol. The van der Waals surface area contributed by atoms with Gasteiger partial charge in [-0.3, -0.25) is 14.4 Å². The Morgan fingerprint density at radius 3 is 1.25 bits per heavy atom. The lowest BCUT2D eigenvalue weighted by Gasteiger charge is -2.18. The first-order chi connectivity index (χ1) is 25.5. The molecule has 0 aromatic carbocycles. The Bertz CT molecular complexity index is 813. The number of aliphatic carboxylic acids is 1. The fourth-order valence-corrected chi connectivity index (χ4v) is 7.04. The van der Waals surface area contributed by atoms with E-state index in [1.165, 1.54) is 154 Å². The van der Waals surface area contributed by atoms with Crippen LogP contribution in [-0.2, 0) is 19.1 Å². The maximum Gasteiger partial charge on any atom is 0.322 e. The van der Waals surface area contributed by atoms with Crippen LogP contribution in [0.4, 0.5) is 0 Å². The van der Waals surface area contributed by atoms with E-state index in [0.717, 1.165) is 70.6 Å². The first kappa shape index (κ1) is 50.1. The maximum atomic E-state index is 12.8. The van der Waals surface area contributed by atoms with Gasteiger partial charge in [-0.1, -0.05) is 187 Å². The largest absolute Gasteiger partial charge is 0.480 e. The average Bonchev–Trinajstić information content (AvgIpc) is 3.13. The Labute approximate surface area is 322 Å². The zero-order chi connectivity index (χ0) is 38.0. The minimum atomic E-state index is -1.01. The summed E-state index contributed by atoms with van der Waals surface area (Å²) in [6, 6.07) is 0. The first-order valence-electron chi connectivity index (χ1n) is 22.8. The number of carboxylic acid groups (broad SMARTS) is 1. The van der Waals surface area contributed by atoms with Gasteiger partial charge in [0.05, 0.1) is 0 Å². The van der Waals surface area contributed by atoms with Gasteiger partial charge in [0.2, 0.25) is 5.91 Å². The smallest absolute Gasteiger partial charge is 0.322 e. The summed E-state index contributed by atoms with van der Waals surface area (Å²) in [6.07, 6.45) is 49.1. The molecule has 6 nitrogen and oxygen atoms in total. The molecular formula is C46H87NO5. The molecular weight excluding hydrogens is 647 g/mol. The molecule has 0 rings (SSSR count). The third-order valence-electron chi connectivity index (χ3n) is 10.4. The topological polar surface area (TPSA) is 92.7 Å². The van der Waals surface area contributed by atoms with Crippen LogP contribution in [0.3, 0.4) is 0 Å². The number of ether oxygens (including phenoxy) is 1. The van der Waals surface area contributed by atoms with Crippen LogP contribution in [-0.4, -0.2) is 35.6 Å². The molecule has 0 saturated heterocycles. The molecule has 6 heteroatoms. The minimum Gasteiger partial charge on any atom is -0.480 e. The van der Waals surface area contributed by atoms with Gasteiger partial charge in [-0.2, -0.15) is 0 Å². The Morgan fingerprint density at radius 1 is 0.481 bits per heavy atom. The molecule has 52 heavy (non-hydrogen) atoms. The zero-order valence-corrected chi connectivity index (χ0v) is 34.7. The van der Waals surface area contributed by atoms with Crippen LogP contribution < -0.4 is 5.32 Å². The lowest BCUT2D eigenvalue weighted by Crippen LogP contribution is -2.28. The van der Waals surface area contributed by atoms with Crippen molar-refractivity contribution in [3.63, 3.8) is 0 Å². The number of hydrogen-bond donors (Lipinski definition) is 2. The minimum absolute atomic E-state index is 0.0168. The van der Waals surface area contributed by atoms with Crippen molar-refractivity contribution in [3.8, 4) is 0 Å². The molecule has 306 valence electrons. The fourth-order valence-electron chi connectivity index (χ4n) is 7.04. The molecule has 0 spiro atoms. The number of unbranched alkanes of at least 4 members (excludes halogenated alkanes) is 29. The molecule has 1 amide bonds. The van der Waals surface area contributed by atoms with E-state index in [9.17, 15) is 14.4 Å². The van der Waals surface area contributed by atoms with Crippen LogP contribution in [0.5, 0.6) is 0 Å². The van der Waals surface area contributed by atoms with Crippen molar-refractivity contribution in [1.29, 1.82) is 0 Å². The summed E-state index contributed by atoms with van der Waals surface area (Å²) in [5.74, 6) is -1.22. The summed E-state index contributed by atoms with van der Waals surface area (Å²) in [6.45, 7) is 4.24. The predicted octanol–water partition coefficient (Wildman–Crippen LogP) is 14.1. The van der Waals surface area contributed by atoms with Crippen LogP contribution in [0.2, 0.25) is 0 Å². The molecule has 0 aromatic heterocycles. The van der Waals surface area contributed by atoms with Gasteiger partial charge in [0, 0.05) is 12.8 Å². The summed E-state index contributed by atoms with van der Waals surface area (Å²) in [5.41, 5.74) is 0. The highest BCUT2D eigenvalue weighted by molar-refractivity contribution is 5.80. The first-order valence-corrected chi connectivity index (χ1v) is 22.8. The van der Waals surface area contributed by atoms with E-state index < -0.39 is 5.97 Å². The van der Waals surface area contributed by atoms with E-state index in [1.54, 1.807) is 0 Å². The van der Waals surface area contributed by atoms with Gasteiger partial charge in [0.15, 0.2) is 0 Å². The van der Waals surface area contributed by atoms with Gasteiger partial charge in [-0.15, -0.1) is 0 Å². The molecule has 1 atom stereocenters.